The molecule has 0 radical (unpaired) electrons. The summed E-state index contributed by atoms with van der Waals surface area (Å²) in [5.74, 6) is 0.146. The summed E-state index contributed by atoms with van der Waals surface area (Å²) in [6.07, 6.45) is 3.66. The fourth-order valence-corrected chi connectivity index (χ4v) is 7.83. The summed E-state index contributed by atoms with van der Waals surface area (Å²) in [6.45, 7) is 1.58. The third-order valence-electron chi connectivity index (χ3n) is 9.94. The van der Waals surface area contributed by atoms with E-state index in [9.17, 15) is 9.59 Å². The Morgan fingerprint density at radius 2 is 1.53 bits per heavy atom. The Kier molecular flexibility index (Phi) is 14.3. The normalized spacial score (nSPS) is 17.0. The molecular formula is C45H46N6O6S. The highest BCUT2D eigenvalue weighted by Gasteiger charge is 2.34. The molecule has 58 heavy (non-hydrogen) atoms. The van der Waals surface area contributed by atoms with E-state index >= 15 is 0 Å². The fraction of sp³-hybridized carbons (Fsp3) is 0.267. The number of carbonyl (C=O) groups excluding carboxylic acids is 2. The number of aryl methyl sites for hydroxylation is 1. The summed E-state index contributed by atoms with van der Waals surface area (Å²) in [7, 11) is 1.29. The molecule has 0 saturated carbocycles. The van der Waals surface area contributed by atoms with Crippen molar-refractivity contribution < 1.29 is 28.2 Å². The Hall–Kier alpha value is -5.86. The number of thioether (sulfide) groups is 1. The molecule has 0 bridgehead atoms. The van der Waals surface area contributed by atoms with Crippen LogP contribution in [0.2, 0.25) is 0 Å². The van der Waals surface area contributed by atoms with Crippen LogP contribution in [0.5, 0.6) is 0 Å². The molecular weight excluding hydrogens is 753 g/mol. The Morgan fingerprint density at radius 1 is 0.862 bits per heavy atom. The lowest BCUT2D eigenvalue weighted by atomic mass is 9.84. The molecule has 2 amide bonds. The summed E-state index contributed by atoms with van der Waals surface area (Å²) >= 11 is 1.45. The quantitative estimate of drug-likeness (QED) is 0.0799. The first kappa shape index (κ1) is 40.3. The second kappa shape index (κ2) is 20.5. The number of carbonyl (C=O) groups is 2. The first-order valence-electron chi connectivity index (χ1n) is 19.2. The van der Waals surface area contributed by atoms with Crippen LogP contribution in [0.4, 0.5) is 10.5 Å². The lowest BCUT2D eigenvalue weighted by molar-refractivity contribution is -0.118. The Morgan fingerprint density at radius 3 is 2.24 bits per heavy atom. The maximum absolute atomic E-state index is 14.3. The van der Waals surface area contributed by atoms with Gasteiger partial charge in [-0.15, -0.1) is 10.2 Å². The summed E-state index contributed by atoms with van der Waals surface area (Å²) < 4.78 is 23.9. The molecule has 4 atom stereocenters. The van der Waals surface area contributed by atoms with Crippen molar-refractivity contribution in [3.63, 3.8) is 0 Å². The van der Waals surface area contributed by atoms with Gasteiger partial charge in [0.2, 0.25) is 11.8 Å². The molecule has 4 aromatic carbocycles. The molecule has 3 heterocycles. The highest BCUT2D eigenvalue weighted by molar-refractivity contribution is 7.99. The number of nitrogens with zero attached hydrogens (tertiary/aromatic N) is 3. The molecule has 12 nitrogen and oxygen atoms in total. The van der Waals surface area contributed by atoms with Crippen molar-refractivity contribution in [2.75, 3.05) is 31.3 Å². The number of methoxy groups -OCH3 is 1. The van der Waals surface area contributed by atoms with Crippen LogP contribution in [0.3, 0.4) is 0 Å². The van der Waals surface area contributed by atoms with Gasteiger partial charge in [0, 0.05) is 41.9 Å². The first-order valence-corrected chi connectivity index (χ1v) is 20.2. The standard InChI is InChI=1S/C45H46N6O6S/c1-54-44(53)49-41(40(33-16-7-3-8-17-33)34-18-9-4-10-19-34)42(52)48-37-20-12-11-15-32(37)21-22-36-27-47-38(29-55-28-31-13-5-2-6-14-31)39(56-36)30-58-45-51-50-43(57-45)35-23-25-46-26-24-35/h2-20,23-26,36,38-41,47H,21-22,27-30H2,1H3,(H,48,52)(H,49,53)/t36-,38-,39-,41?/m1/s1. The number of amides is 2. The van der Waals surface area contributed by atoms with Gasteiger partial charge < -0.3 is 34.6 Å². The van der Waals surface area contributed by atoms with Gasteiger partial charge in [0.15, 0.2) is 0 Å². The van der Waals surface area contributed by atoms with E-state index in [1.807, 2.05) is 127 Å². The van der Waals surface area contributed by atoms with Crippen LogP contribution in [-0.4, -0.2) is 77.5 Å². The van der Waals surface area contributed by atoms with Crippen molar-refractivity contribution in [3.05, 3.63) is 162 Å². The molecule has 2 aromatic heterocycles. The summed E-state index contributed by atoms with van der Waals surface area (Å²) in [5.41, 5.74) is 5.27. The number of ether oxygens (including phenoxy) is 3. The van der Waals surface area contributed by atoms with Crippen LogP contribution in [-0.2, 0) is 32.0 Å². The minimum absolute atomic E-state index is 0.0666. The molecule has 1 fully saturated rings. The summed E-state index contributed by atoms with van der Waals surface area (Å²) in [5, 5.41) is 18.6. The molecule has 1 unspecified atom stereocenters. The number of aromatic nitrogens is 3. The van der Waals surface area contributed by atoms with E-state index in [1.54, 1.807) is 12.4 Å². The van der Waals surface area contributed by atoms with Crippen molar-refractivity contribution in [1.82, 2.24) is 25.8 Å². The highest BCUT2D eigenvalue weighted by Crippen LogP contribution is 2.31. The largest absolute Gasteiger partial charge is 0.453 e. The Balaban J connectivity index is 1.03. The maximum atomic E-state index is 14.3. The second-order valence-corrected chi connectivity index (χ2v) is 14.8. The van der Waals surface area contributed by atoms with Crippen LogP contribution in [0.25, 0.3) is 11.5 Å². The number of rotatable bonds is 17. The third-order valence-corrected chi connectivity index (χ3v) is 10.8. The molecule has 1 saturated heterocycles. The van der Waals surface area contributed by atoms with E-state index in [0.29, 0.717) is 55.2 Å². The molecule has 0 spiro atoms. The van der Waals surface area contributed by atoms with Crippen molar-refractivity contribution >= 4 is 29.4 Å². The van der Waals surface area contributed by atoms with Crippen LogP contribution in [0.15, 0.2) is 149 Å². The lowest BCUT2D eigenvalue weighted by Gasteiger charge is -2.37. The number of hydrogen-bond donors (Lipinski definition) is 3. The number of pyridine rings is 1. The molecule has 3 N–H and O–H groups in total. The van der Waals surface area contributed by atoms with Gasteiger partial charge >= 0.3 is 6.09 Å². The number of nitrogens with one attached hydrogen (secondary N) is 3. The van der Waals surface area contributed by atoms with Crippen LogP contribution in [0, 0.1) is 0 Å². The third kappa shape index (κ3) is 11.0. The average Bonchev–Trinajstić information content (AvgIpc) is 3.76. The number of hydrogen-bond acceptors (Lipinski definition) is 11. The van der Waals surface area contributed by atoms with Gasteiger partial charge in [0.1, 0.15) is 6.04 Å². The van der Waals surface area contributed by atoms with Gasteiger partial charge in [-0.05, 0) is 53.3 Å². The lowest BCUT2D eigenvalue weighted by Crippen LogP contribution is -2.55. The summed E-state index contributed by atoms with van der Waals surface area (Å²) in [4.78, 5) is 31.0. The van der Waals surface area contributed by atoms with Crippen molar-refractivity contribution in [3.8, 4) is 11.5 Å². The molecule has 1 aliphatic rings. The molecule has 0 aliphatic carbocycles. The zero-order valence-electron chi connectivity index (χ0n) is 32.1. The predicted octanol–water partition coefficient (Wildman–Crippen LogP) is 7.29. The van der Waals surface area contributed by atoms with Gasteiger partial charge in [-0.2, -0.15) is 0 Å². The van der Waals surface area contributed by atoms with Crippen molar-refractivity contribution in [2.45, 2.75) is 54.9 Å². The number of benzene rings is 4. The molecule has 6 aromatic rings. The van der Waals surface area contributed by atoms with Crippen LogP contribution >= 0.6 is 11.8 Å². The number of para-hydroxylation sites is 1. The number of anilines is 1. The molecule has 298 valence electrons. The van der Waals surface area contributed by atoms with E-state index in [-0.39, 0.29) is 24.2 Å². The number of alkyl carbamates (subject to hydrolysis) is 1. The molecule has 13 heteroatoms. The Bertz CT molecular complexity index is 2140. The minimum atomic E-state index is -0.977. The van der Waals surface area contributed by atoms with E-state index in [4.69, 9.17) is 18.6 Å². The van der Waals surface area contributed by atoms with E-state index in [1.165, 1.54) is 18.9 Å². The van der Waals surface area contributed by atoms with Gasteiger partial charge in [-0.25, -0.2) is 4.79 Å². The smallest absolute Gasteiger partial charge is 0.407 e. The van der Waals surface area contributed by atoms with Crippen LogP contribution in [0.1, 0.15) is 34.6 Å². The summed E-state index contributed by atoms with van der Waals surface area (Å²) in [6, 6.07) is 39.8. The Labute approximate surface area is 342 Å². The molecule has 7 rings (SSSR count). The van der Waals surface area contributed by atoms with E-state index in [2.05, 4.69) is 31.1 Å². The zero-order valence-corrected chi connectivity index (χ0v) is 32.9. The average molecular weight is 799 g/mol. The monoisotopic (exact) mass is 798 g/mol. The van der Waals surface area contributed by atoms with E-state index < -0.39 is 18.1 Å². The number of morpholine rings is 1. The minimum Gasteiger partial charge on any atom is -0.453 e. The fourth-order valence-electron chi connectivity index (χ4n) is 6.98. The van der Waals surface area contributed by atoms with Crippen molar-refractivity contribution in [2.24, 2.45) is 0 Å². The first-order chi connectivity index (χ1) is 28.5. The maximum Gasteiger partial charge on any atom is 0.407 e. The SMILES string of the molecule is COC(=O)NC(C(=O)Nc1ccccc1CC[C@@H]1CN[C@H](COCc2ccccc2)[C@@H](CSc2nnc(-c3ccncc3)o2)O1)C(c1ccccc1)c1ccccc1. The topological polar surface area (TPSA) is 150 Å². The molecule has 1 aliphatic heterocycles. The predicted molar refractivity (Wildman–Crippen MR) is 222 cm³/mol. The van der Waals surface area contributed by atoms with Gasteiger partial charge in [-0.1, -0.05) is 121 Å². The van der Waals surface area contributed by atoms with Crippen LogP contribution < -0.4 is 16.0 Å². The van der Waals surface area contributed by atoms with Gasteiger partial charge in [0.05, 0.1) is 38.6 Å². The van der Waals surface area contributed by atoms with E-state index in [0.717, 1.165) is 27.8 Å². The van der Waals surface area contributed by atoms with Gasteiger partial charge in [-0.3, -0.25) is 9.78 Å². The van der Waals surface area contributed by atoms with Crippen molar-refractivity contribution in [1.29, 1.82) is 0 Å². The highest BCUT2D eigenvalue weighted by atomic mass is 32.2. The van der Waals surface area contributed by atoms with Gasteiger partial charge in [0.25, 0.3) is 5.22 Å². The zero-order chi connectivity index (χ0) is 39.9. The second-order valence-electron chi connectivity index (χ2n) is 13.8.